The van der Waals surface area contributed by atoms with Gasteiger partial charge in [-0.3, -0.25) is 4.79 Å². The van der Waals surface area contributed by atoms with Crippen molar-refractivity contribution in [3.63, 3.8) is 0 Å². The van der Waals surface area contributed by atoms with Crippen LogP contribution in [0.1, 0.15) is 49.5 Å². The van der Waals surface area contributed by atoms with E-state index in [0.717, 1.165) is 31.7 Å². The van der Waals surface area contributed by atoms with Crippen molar-refractivity contribution >= 4 is 11.7 Å². The Kier molecular flexibility index (Phi) is 5.12. The van der Waals surface area contributed by atoms with Gasteiger partial charge in [-0.1, -0.05) is 13.3 Å². The Bertz CT molecular complexity index is 416. The fourth-order valence-corrected chi connectivity index (χ4v) is 2.24. The van der Waals surface area contributed by atoms with Crippen molar-refractivity contribution in [3.05, 3.63) is 18.1 Å². The molecule has 0 radical (unpaired) electrons. The van der Waals surface area contributed by atoms with Crippen LogP contribution in [-0.2, 0) is 0 Å². The quantitative estimate of drug-likeness (QED) is 0.825. The zero-order valence-corrected chi connectivity index (χ0v) is 11.6. The molecule has 104 valence electrons. The molecule has 1 aliphatic heterocycles. The van der Waals surface area contributed by atoms with Gasteiger partial charge in [0.05, 0.1) is 0 Å². The van der Waals surface area contributed by atoms with Gasteiger partial charge in [0.2, 0.25) is 0 Å². The summed E-state index contributed by atoms with van der Waals surface area (Å²) in [5, 5.41) is 2.88. The summed E-state index contributed by atoms with van der Waals surface area (Å²) >= 11 is 0. The average Bonchev–Trinajstić information content (AvgIpc) is 2.48. The van der Waals surface area contributed by atoms with Crippen molar-refractivity contribution in [2.45, 2.75) is 39.0 Å². The van der Waals surface area contributed by atoms with Gasteiger partial charge >= 0.3 is 0 Å². The minimum Gasteiger partial charge on any atom is -0.357 e. The van der Waals surface area contributed by atoms with E-state index in [1.54, 1.807) is 6.07 Å². The molecule has 1 amide bonds. The molecule has 0 aliphatic carbocycles. The maximum atomic E-state index is 11.9. The lowest BCUT2D eigenvalue weighted by atomic mass is 10.1. The number of carbonyl (C=O) groups is 1. The zero-order valence-electron chi connectivity index (χ0n) is 11.6. The third-order valence-electron chi connectivity index (χ3n) is 3.38. The second-order valence-corrected chi connectivity index (χ2v) is 4.92. The Morgan fingerprint density at radius 2 is 2.11 bits per heavy atom. The molecule has 1 N–H and O–H groups in total. The molecule has 0 saturated carbocycles. The maximum Gasteiger partial charge on any atom is 0.270 e. The molecule has 5 nitrogen and oxygen atoms in total. The number of carbonyl (C=O) groups excluding carboxylic acids is 1. The van der Waals surface area contributed by atoms with E-state index in [2.05, 4.69) is 27.1 Å². The lowest BCUT2D eigenvalue weighted by molar-refractivity contribution is 0.0948. The fourth-order valence-electron chi connectivity index (χ4n) is 2.24. The van der Waals surface area contributed by atoms with Crippen LogP contribution in [-0.4, -0.2) is 35.5 Å². The van der Waals surface area contributed by atoms with Gasteiger partial charge in [0.15, 0.2) is 0 Å². The molecular formula is C14H22N4O. The number of unbranched alkanes of at least 4 members (excludes halogenated alkanes) is 1. The molecule has 0 unspecified atom stereocenters. The van der Waals surface area contributed by atoms with Gasteiger partial charge in [-0.25, -0.2) is 9.97 Å². The monoisotopic (exact) mass is 262 g/mol. The standard InChI is InChI=1S/C14H22N4O/c1-2-3-7-15-14(19)12-10-13(17-11-16-12)18-8-5-4-6-9-18/h10-11H,2-9H2,1H3,(H,15,19). The van der Waals surface area contributed by atoms with E-state index in [0.29, 0.717) is 12.2 Å². The summed E-state index contributed by atoms with van der Waals surface area (Å²) in [5.41, 5.74) is 0.465. The van der Waals surface area contributed by atoms with Crippen molar-refractivity contribution in [3.8, 4) is 0 Å². The molecule has 5 heteroatoms. The average molecular weight is 262 g/mol. The number of anilines is 1. The molecule has 1 aromatic rings. The maximum absolute atomic E-state index is 11.9. The lowest BCUT2D eigenvalue weighted by Gasteiger charge is -2.27. The van der Waals surface area contributed by atoms with E-state index in [1.807, 2.05) is 0 Å². The molecule has 1 fully saturated rings. The highest BCUT2D eigenvalue weighted by atomic mass is 16.1. The number of piperidine rings is 1. The van der Waals surface area contributed by atoms with Crippen molar-refractivity contribution in [2.75, 3.05) is 24.5 Å². The second kappa shape index (κ2) is 7.07. The zero-order chi connectivity index (χ0) is 13.5. The summed E-state index contributed by atoms with van der Waals surface area (Å²) < 4.78 is 0. The highest BCUT2D eigenvalue weighted by molar-refractivity contribution is 5.92. The van der Waals surface area contributed by atoms with Crippen LogP contribution in [0.3, 0.4) is 0 Å². The van der Waals surface area contributed by atoms with E-state index in [4.69, 9.17) is 0 Å². The summed E-state index contributed by atoms with van der Waals surface area (Å²) in [4.78, 5) is 22.5. The van der Waals surface area contributed by atoms with Gasteiger partial charge in [-0.2, -0.15) is 0 Å². The van der Waals surface area contributed by atoms with Crippen molar-refractivity contribution in [1.82, 2.24) is 15.3 Å². The van der Waals surface area contributed by atoms with Crippen LogP contribution >= 0.6 is 0 Å². The molecule has 0 spiro atoms. The first-order valence-corrected chi connectivity index (χ1v) is 7.16. The smallest absolute Gasteiger partial charge is 0.270 e. The predicted molar refractivity (Wildman–Crippen MR) is 75.3 cm³/mol. The summed E-state index contributed by atoms with van der Waals surface area (Å²) in [6, 6.07) is 1.80. The van der Waals surface area contributed by atoms with Crippen molar-refractivity contribution in [1.29, 1.82) is 0 Å². The first kappa shape index (κ1) is 13.8. The van der Waals surface area contributed by atoms with Crippen LogP contribution in [0.4, 0.5) is 5.82 Å². The van der Waals surface area contributed by atoms with Crippen molar-refractivity contribution in [2.24, 2.45) is 0 Å². The van der Waals surface area contributed by atoms with E-state index in [-0.39, 0.29) is 5.91 Å². The molecule has 1 aliphatic rings. The number of rotatable bonds is 5. The number of nitrogens with one attached hydrogen (secondary N) is 1. The molecule has 19 heavy (non-hydrogen) atoms. The third-order valence-corrected chi connectivity index (χ3v) is 3.38. The minimum atomic E-state index is -0.103. The molecule has 2 heterocycles. The predicted octanol–water partition coefficient (Wildman–Crippen LogP) is 2.00. The van der Waals surface area contributed by atoms with Crippen molar-refractivity contribution < 1.29 is 4.79 Å². The first-order valence-electron chi connectivity index (χ1n) is 7.16. The molecule has 0 aromatic carbocycles. The summed E-state index contributed by atoms with van der Waals surface area (Å²) in [7, 11) is 0. The first-order chi connectivity index (χ1) is 9.31. The normalized spacial score (nSPS) is 15.3. The molecule has 2 rings (SSSR count). The van der Waals surface area contributed by atoms with Crippen LogP contribution in [0.25, 0.3) is 0 Å². The Morgan fingerprint density at radius 1 is 1.32 bits per heavy atom. The number of hydrogen-bond acceptors (Lipinski definition) is 4. The van der Waals surface area contributed by atoms with Crippen LogP contribution < -0.4 is 10.2 Å². The number of amides is 1. The lowest BCUT2D eigenvalue weighted by Crippen LogP contribution is -2.31. The number of nitrogens with zero attached hydrogens (tertiary/aromatic N) is 3. The molecule has 1 saturated heterocycles. The van der Waals surface area contributed by atoms with Gasteiger partial charge < -0.3 is 10.2 Å². The molecular weight excluding hydrogens is 240 g/mol. The fraction of sp³-hybridized carbons (Fsp3) is 0.643. The summed E-state index contributed by atoms with van der Waals surface area (Å²) in [5.74, 6) is 0.768. The van der Waals surface area contributed by atoms with E-state index < -0.39 is 0 Å². The van der Waals surface area contributed by atoms with Crippen LogP contribution in [0.5, 0.6) is 0 Å². The molecule has 0 bridgehead atoms. The summed E-state index contributed by atoms with van der Waals surface area (Å²) in [6.45, 7) is 4.85. The SMILES string of the molecule is CCCCNC(=O)c1cc(N2CCCCC2)ncn1. The van der Waals surface area contributed by atoms with E-state index in [9.17, 15) is 4.79 Å². The topological polar surface area (TPSA) is 58.1 Å². The highest BCUT2D eigenvalue weighted by Gasteiger charge is 2.14. The van der Waals surface area contributed by atoms with Gasteiger partial charge in [-0.15, -0.1) is 0 Å². The van der Waals surface area contributed by atoms with Crippen LogP contribution in [0.2, 0.25) is 0 Å². The number of aromatic nitrogens is 2. The Balaban J connectivity index is 1.99. The van der Waals surface area contributed by atoms with Gasteiger partial charge in [0, 0.05) is 25.7 Å². The summed E-state index contributed by atoms with van der Waals surface area (Å²) in [6.07, 6.45) is 7.23. The van der Waals surface area contributed by atoms with Gasteiger partial charge in [0.1, 0.15) is 17.8 Å². The Labute approximate surface area is 114 Å². The highest BCUT2D eigenvalue weighted by Crippen LogP contribution is 2.17. The molecule has 1 aromatic heterocycles. The third kappa shape index (κ3) is 3.91. The Hall–Kier alpha value is -1.65. The molecule has 0 atom stereocenters. The second-order valence-electron chi connectivity index (χ2n) is 4.92. The van der Waals surface area contributed by atoms with Gasteiger partial charge in [-0.05, 0) is 25.7 Å². The van der Waals surface area contributed by atoms with Gasteiger partial charge in [0.25, 0.3) is 5.91 Å². The largest absolute Gasteiger partial charge is 0.357 e. The van der Waals surface area contributed by atoms with E-state index in [1.165, 1.54) is 25.6 Å². The van der Waals surface area contributed by atoms with Crippen LogP contribution in [0.15, 0.2) is 12.4 Å². The van der Waals surface area contributed by atoms with E-state index >= 15 is 0 Å². The van der Waals surface area contributed by atoms with Crippen LogP contribution in [0, 0.1) is 0 Å². The Morgan fingerprint density at radius 3 is 2.84 bits per heavy atom. The number of hydrogen-bond donors (Lipinski definition) is 1. The minimum absolute atomic E-state index is 0.103.